The van der Waals surface area contributed by atoms with Crippen LogP contribution in [0, 0.1) is 5.82 Å². The van der Waals surface area contributed by atoms with Crippen molar-refractivity contribution < 1.29 is 18.4 Å². The summed E-state index contributed by atoms with van der Waals surface area (Å²) in [6, 6.07) is 20.2. The third-order valence-corrected chi connectivity index (χ3v) is 5.34. The molecule has 1 saturated carbocycles. The standard InChI is InChI=1S/C26H20FN3O3/c27-22-11-4-3-10-21(22)23-15-28-26(33-23)20-9-2-1-8-19(20)25(32)30-18-7-5-6-16(14-18)24(31)29-17-12-13-17/h1-11,14-15,17H,12-13H2,(H,29,31)(H,30,32). The molecule has 7 heteroatoms. The van der Waals surface area contributed by atoms with Crippen LogP contribution in [0.1, 0.15) is 33.6 Å². The van der Waals surface area contributed by atoms with Gasteiger partial charge in [0.2, 0.25) is 5.89 Å². The minimum absolute atomic E-state index is 0.158. The lowest BCUT2D eigenvalue weighted by molar-refractivity contribution is 0.0949. The lowest BCUT2D eigenvalue weighted by Crippen LogP contribution is -2.25. The molecule has 2 N–H and O–H groups in total. The molecule has 1 aliphatic rings. The molecule has 1 heterocycles. The molecule has 5 rings (SSSR count). The number of amides is 2. The first kappa shape index (κ1) is 20.6. The second-order valence-corrected chi connectivity index (χ2v) is 7.84. The lowest BCUT2D eigenvalue weighted by Gasteiger charge is -2.10. The van der Waals surface area contributed by atoms with Crippen molar-refractivity contribution in [3.63, 3.8) is 0 Å². The van der Waals surface area contributed by atoms with Crippen molar-refractivity contribution in [3.8, 4) is 22.8 Å². The fraction of sp³-hybridized carbons (Fsp3) is 0.115. The van der Waals surface area contributed by atoms with Crippen LogP contribution in [0.2, 0.25) is 0 Å². The van der Waals surface area contributed by atoms with Crippen molar-refractivity contribution in [1.29, 1.82) is 0 Å². The molecule has 4 aromatic rings. The van der Waals surface area contributed by atoms with Crippen molar-refractivity contribution in [1.82, 2.24) is 10.3 Å². The molecule has 1 aliphatic carbocycles. The van der Waals surface area contributed by atoms with E-state index in [0.717, 1.165) is 12.8 Å². The fourth-order valence-electron chi connectivity index (χ4n) is 3.48. The van der Waals surface area contributed by atoms with E-state index in [1.54, 1.807) is 66.7 Å². The summed E-state index contributed by atoms with van der Waals surface area (Å²) in [5.41, 5.74) is 2.08. The van der Waals surface area contributed by atoms with Crippen LogP contribution in [0.15, 0.2) is 83.4 Å². The van der Waals surface area contributed by atoms with E-state index in [1.807, 2.05) is 0 Å². The Bertz CT molecular complexity index is 1340. The van der Waals surface area contributed by atoms with Crippen LogP contribution in [0.5, 0.6) is 0 Å². The Kier molecular flexibility index (Phi) is 5.44. The van der Waals surface area contributed by atoms with Crippen molar-refractivity contribution in [2.24, 2.45) is 0 Å². The van der Waals surface area contributed by atoms with Crippen molar-refractivity contribution in [3.05, 3.63) is 95.9 Å². The van der Waals surface area contributed by atoms with Gasteiger partial charge < -0.3 is 15.1 Å². The first-order valence-corrected chi connectivity index (χ1v) is 10.6. The summed E-state index contributed by atoms with van der Waals surface area (Å²) in [6.07, 6.45) is 3.43. The Morgan fingerprint density at radius 2 is 1.67 bits per heavy atom. The number of nitrogens with one attached hydrogen (secondary N) is 2. The number of carbonyl (C=O) groups is 2. The Labute approximate surface area is 189 Å². The van der Waals surface area contributed by atoms with Crippen molar-refractivity contribution >= 4 is 17.5 Å². The minimum Gasteiger partial charge on any atom is -0.436 e. The van der Waals surface area contributed by atoms with Crippen LogP contribution in [-0.4, -0.2) is 22.8 Å². The van der Waals surface area contributed by atoms with Gasteiger partial charge >= 0.3 is 0 Å². The summed E-state index contributed by atoms with van der Waals surface area (Å²) in [7, 11) is 0. The molecule has 164 valence electrons. The van der Waals surface area contributed by atoms with Crippen LogP contribution in [0.25, 0.3) is 22.8 Å². The summed E-state index contributed by atoms with van der Waals surface area (Å²) in [5, 5.41) is 5.77. The zero-order valence-electron chi connectivity index (χ0n) is 17.5. The molecular formula is C26H20FN3O3. The van der Waals surface area contributed by atoms with Crippen LogP contribution >= 0.6 is 0 Å². The first-order valence-electron chi connectivity index (χ1n) is 10.6. The van der Waals surface area contributed by atoms with E-state index < -0.39 is 5.82 Å². The van der Waals surface area contributed by atoms with Gasteiger partial charge in [0.05, 0.1) is 17.3 Å². The van der Waals surface area contributed by atoms with Gasteiger partial charge in [0.25, 0.3) is 11.8 Å². The van der Waals surface area contributed by atoms with Gasteiger partial charge in [-0.3, -0.25) is 9.59 Å². The highest BCUT2D eigenvalue weighted by molar-refractivity contribution is 6.08. The van der Waals surface area contributed by atoms with Gasteiger partial charge in [-0.05, 0) is 55.3 Å². The van der Waals surface area contributed by atoms with E-state index in [1.165, 1.54) is 12.3 Å². The van der Waals surface area contributed by atoms with E-state index in [4.69, 9.17) is 4.42 Å². The molecule has 0 bridgehead atoms. The molecule has 0 atom stereocenters. The topological polar surface area (TPSA) is 84.2 Å². The van der Waals surface area contributed by atoms with Gasteiger partial charge in [-0.25, -0.2) is 9.37 Å². The highest BCUT2D eigenvalue weighted by Gasteiger charge is 2.24. The van der Waals surface area contributed by atoms with Gasteiger partial charge in [0, 0.05) is 22.9 Å². The average Bonchev–Trinajstić information content (AvgIpc) is 3.51. The van der Waals surface area contributed by atoms with Crippen molar-refractivity contribution in [2.75, 3.05) is 5.32 Å². The number of nitrogens with zero attached hydrogens (tertiary/aromatic N) is 1. The molecule has 33 heavy (non-hydrogen) atoms. The second-order valence-electron chi connectivity index (χ2n) is 7.84. The monoisotopic (exact) mass is 441 g/mol. The van der Waals surface area contributed by atoms with Crippen LogP contribution in [-0.2, 0) is 0 Å². The van der Waals surface area contributed by atoms with E-state index in [0.29, 0.717) is 27.9 Å². The SMILES string of the molecule is O=C(NC1CC1)c1cccc(NC(=O)c2ccccc2-c2ncc(-c3ccccc3F)o2)c1. The number of halogens is 1. The zero-order valence-corrected chi connectivity index (χ0v) is 17.5. The molecule has 3 aromatic carbocycles. The van der Waals surface area contributed by atoms with Crippen LogP contribution in [0.4, 0.5) is 10.1 Å². The number of carbonyl (C=O) groups excluding carboxylic acids is 2. The van der Waals surface area contributed by atoms with Gasteiger partial charge in [-0.1, -0.05) is 30.3 Å². The Balaban J connectivity index is 1.39. The van der Waals surface area contributed by atoms with Gasteiger partial charge in [0.15, 0.2) is 5.76 Å². The lowest BCUT2D eigenvalue weighted by atomic mass is 10.1. The normalized spacial score (nSPS) is 12.9. The molecule has 1 fully saturated rings. The number of oxazole rings is 1. The molecule has 1 aromatic heterocycles. The summed E-state index contributed by atoms with van der Waals surface area (Å²) in [5.74, 6) is -0.480. The van der Waals surface area contributed by atoms with Gasteiger partial charge in [0.1, 0.15) is 5.82 Å². The number of aromatic nitrogens is 1. The highest BCUT2D eigenvalue weighted by atomic mass is 19.1. The van der Waals surface area contributed by atoms with E-state index in [9.17, 15) is 14.0 Å². The molecule has 0 aliphatic heterocycles. The molecule has 0 spiro atoms. The quantitative estimate of drug-likeness (QED) is 0.426. The van der Waals surface area contributed by atoms with Crippen LogP contribution in [0.3, 0.4) is 0 Å². The third-order valence-electron chi connectivity index (χ3n) is 5.34. The smallest absolute Gasteiger partial charge is 0.256 e. The Morgan fingerprint density at radius 1 is 0.909 bits per heavy atom. The van der Waals surface area contributed by atoms with E-state index in [-0.39, 0.29) is 29.5 Å². The highest BCUT2D eigenvalue weighted by Crippen LogP contribution is 2.30. The maximum absolute atomic E-state index is 14.1. The predicted molar refractivity (Wildman–Crippen MR) is 122 cm³/mol. The summed E-state index contributed by atoms with van der Waals surface area (Å²) in [6.45, 7) is 0. The minimum atomic E-state index is -0.420. The van der Waals surface area contributed by atoms with Crippen LogP contribution < -0.4 is 10.6 Å². The molecular weight excluding hydrogens is 421 g/mol. The largest absolute Gasteiger partial charge is 0.436 e. The Hall–Kier alpha value is -4.26. The average molecular weight is 441 g/mol. The van der Waals surface area contributed by atoms with Gasteiger partial charge in [-0.2, -0.15) is 0 Å². The number of benzene rings is 3. The summed E-state index contributed by atoms with van der Waals surface area (Å²) >= 11 is 0. The van der Waals surface area contributed by atoms with E-state index in [2.05, 4.69) is 15.6 Å². The molecule has 0 saturated heterocycles. The Morgan fingerprint density at radius 3 is 2.45 bits per heavy atom. The molecule has 0 radical (unpaired) electrons. The second kappa shape index (κ2) is 8.70. The fourth-order valence-corrected chi connectivity index (χ4v) is 3.48. The molecule has 2 amide bonds. The summed E-state index contributed by atoms with van der Waals surface area (Å²) < 4.78 is 19.9. The zero-order chi connectivity index (χ0) is 22.8. The summed E-state index contributed by atoms with van der Waals surface area (Å²) in [4.78, 5) is 29.6. The maximum atomic E-state index is 14.1. The van der Waals surface area contributed by atoms with Crippen molar-refractivity contribution in [2.45, 2.75) is 18.9 Å². The number of hydrogen-bond acceptors (Lipinski definition) is 4. The third kappa shape index (κ3) is 4.52. The molecule has 0 unspecified atom stereocenters. The first-order chi connectivity index (χ1) is 16.1. The number of rotatable bonds is 6. The number of anilines is 1. The predicted octanol–water partition coefficient (Wildman–Crippen LogP) is 5.29. The van der Waals surface area contributed by atoms with E-state index >= 15 is 0 Å². The van der Waals surface area contributed by atoms with Gasteiger partial charge in [-0.15, -0.1) is 0 Å². The maximum Gasteiger partial charge on any atom is 0.256 e. The molecule has 6 nitrogen and oxygen atoms in total. The number of hydrogen-bond donors (Lipinski definition) is 2.